The molecule has 186 valence electrons. The van der Waals surface area contributed by atoms with Crippen LogP contribution in [0.4, 0.5) is 11.8 Å². The number of aromatic nitrogens is 2. The molecule has 1 saturated heterocycles. The Morgan fingerprint density at radius 2 is 1.61 bits per heavy atom. The molecule has 0 amide bonds. The third-order valence-corrected chi connectivity index (χ3v) is 9.44. The van der Waals surface area contributed by atoms with E-state index in [0.717, 1.165) is 31.8 Å². The maximum atomic E-state index is 12.1. The number of aliphatic hydroxyl groups excluding tert-OH is 1. The first-order chi connectivity index (χ1) is 17.3. The summed E-state index contributed by atoms with van der Waals surface area (Å²) in [7, 11) is -3.06. The van der Waals surface area contributed by atoms with E-state index < -0.39 is 15.4 Å². The van der Waals surface area contributed by atoms with Gasteiger partial charge in [-0.3, -0.25) is 0 Å². The summed E-state index contributed by atoms with van der Waals surface area (Å²) in [6, 6.07) is 23.7. The number of nitrogens with one attached hydrogen (secondary N) is 2. The van der Waals surface area contributed by atoms with Crippen molar-refractivity contribution < 1.29 is 13.5 Å². The molecule has 0 aliphatic carbocycles. The minimum atomic E-state index is -3.06. The number of benzene rings is 3. The van der Waals surface area contributed by atoms with Gasteiger partial charge in [0, 0.05) is 21.7 Å². The number of fused-ring (bicyclic) bond motifs is 1. The smallest absolute Gasteiger partial charge is 0.225 e. The van der Waals surface area contributed by atoms with Crippen LogP contribution in [0.2, 0.25) is 0 Å². The third-order valence-electron chi connectivity index (χ3n) is 6.30. The topological polar surface area (TPSA) is 104 Å². The first kappa shape index (κ1) is 24.5. The van der Waals surface area contributed by atoms with Gasteiger partial charge in [0.2, 0.25) is 5.95 Å². The average Bonchev–Trinajstić information content (AvgIpc) is 3.16. The predicted molar refractivity (Wildman–Crippen MR) is 145 cm³/mol. The van der Waals surface area contributed by atoms with Crippen LogP contribution in [0, 0.1) is 0 Å². The van der Waals surface area contributed by atoms with Crippen LogP contribution >= 0.6 is 11.8 Å². The quantitative estimate of drug-likeness (QED) is 0.302. The zero-order valence-electron chi connectivity index (χ0n) is 19.9. The Balaban J connectivity index is 1.40. The summed E-state index contributed by atoms with van der Waals surface area (Å²) < 4.78 is 24.3. The summed E-state index contributed by atoms with van der Waals surface area (Å²) in [4.78, 5) is 11.5. The molecule has 5 rings (SSSR count). The largest absolute Gasteiger partial charge is 0.392 e. The SMILES string of the molecule is CC1(Nc2nc(NCc3ccccc3Sc3ccccc3CO)nc3ccccc23)CCS(=O)(=O)C1. The Hall–Kier alpha value is -3.14. The number of hydrogen-bond acceptors (Lipinski definition) is 8. The number of nitrogens with zero attached hydrogens (tertiary/aromatic N) is 2. The lowest BCUT2D eigenvalue weighted by Crippen LogP contribution is -2.36. The molecule has 7 nitrogen and oxygen atoms in total. The number of sulfone groups is 1. The van der Waals surface area contributed by atoms with E-state index in [1.807, 2.05) is 67.6 Å². The van der Waals surface area contributed by atoms with Crippen LogP contribution in [-0.2, 0) is 23.0 Å². The van der Waals surface area contributed by atoms with Gasteiger partial charge >= 0.3 is 0 Å². The lowest BCUT2D eigenvalue weighted by Gasteiger charge is -2.25. The van der Waals surface area contributed by atoms with Crippen molar-refractivity contribution in [3.63, 3.8) is 0 Å². The van der Waals surface area contributed by atoms with Crippen molar-refractivity contribution in [3.05, 3.63) is 83.9 Å². The number of hydrogen-bond donors (Lipinski definition) is 3. The van der Waals surface area contributed by atoms with E-state index in [1.165, 1.54) is 0 Å². The molecule has 0 radical (unpaired) electrons. The number of para-hydroxylation sites is 1. The fraction of sp³-hybridized carbons (Fsp3) is 0.259. The maximum Gasteiger partial charge on any atom is 0.225 e. The van der Waals surface area contributed by atoms with Crippen molar-refractivity contribution >= 4 is 44.3 Å². The molecule has 0 saturated carbocycles. The second kappa shape index (κ2) is 10.1. The average molecular weight is 521 g/mol. The minimum Gasteiger partial charge on any atom is -0.392 e. The Morgan fingerprint density at radius 3 is 2.33 bits per heavy atom. The van der Waals surface area contributed by atoms with Gasteiger partial charge in [-0.25, -0.2) is 13.4 Å². The number of aliphatic hydroxyl groups is 1. The molecule has 1 fully saturated rings. The van der Waals surface area contributed by atoms with Gasteiger partial charge in [-0.2, -0.15) is 4.98 Å². The molecule has 1 aliphatic heterocycles. The molecule has 0 spiro atoms. The highest BCUT2D eigenvalue weighted by Crippen LogP contribution is 2.34. The van der Waals surface area contributed by atoms with Gasteiger partial charge in [-0.1, -0.05) is 60.3 Å². The summed E-state index contributed by atoms with van der Waals surface area (Å²) in [5.41, 5.74) is 2.18. The van der Waals surface area contributed by atoms with E-state index in [1.54, 1.807) is 11.8 Å². The van der Waals surface area contributed by atoms with Crippen molar-refractivity contribution in [2.75, 3.05) is 22.1 Å². The van der Waals surface area contributed by atoms with Gasteiger partial charge < -0.3 is 15.7 Å². The third kappa shape index (κ3) is 5.48. The van der Waals surface area contributed by atoms with Crippen molar-refractivity contribution in [2.24, 2.45) is 0 Å². The van der Waals surface area contributed by atoms with Crippen LogP contribution in [0.25, 0.3) is 10.9 Å². The molecule has 3 N–H and O–H groups in total. The molecular weight excluding hydrogens is 492 g/mol. The Kier molecular flexibility index (Phi) is 6.87. The fourth-order valence-electron chi connectivity index (χ4n) is 4.42. The molecule has 1 aromatic heterocycles. The monoisotopic (exact) mass is 520 g/mol. The highest BCUT2D eigenvalue weighted by Gasteiger charge is 2.39. The van der Waals surface area contributed by atoms with Gasteiger partial charge in [-0.05, 0) is 48.7 Å². The van der Waals surface area contributed by atoms with E-state index in [0.29, 0.717) is 24.7 Å². The summed E-state index contributed by atoms with van der Waals surface area (Å²) in [5.74, 6) is 1.36. The first-order valence-electron chi connectivity index (χ1n) is 11.8. The van der Waals surface area contributed by atoms with Crippen molar-refractivity contribution in [1.29, 1.82) is 0 Å². The van der Waals surface area contributed by atoms with Crippen LogP contribution in [0.5, 0.6) is 0 Å². The van der Waals surface area contributed by atoms with E-state index in [4.69, 9.17) is 9.97 Å². The lowest BCUT2D eigenvalue weighted by molar-refractivity contribution is 0.279. The molecule has 1 unspecified atom stereocenters. The van der Waals surface area contributed by atoms with Crippen molar-refractivity contribution in [3.8, 4) is 0 Å². The molecule has 4 aromatic rings. The molecular formula is C27H28N4O3S2. The summed E-state index contributed by atoms with van der Waals surface area (Å²) in [6.07, 6.45) is 0.538. The van der Waals surface area contributed by atoms with Crippen LogP contribution in [0.1, 0.15) is 24.5 Å². The maximum absolute atomic E-state index is 12.1. The van der Waals surface area contributed by atoms with E-state index >= 15 is 0 Å². The van der Waals surface area contributed by atoms with Crippen molar-refractivity contribution in [1.82, 2.24) is 9.97 Å². The van der Waals surface area contributed by atoms with Gasteiger partial charge in [-0.15, -0.1) is 0 Å². The molecule has 2 heterocycles. The predicted octanol–water partition coefficient (Wildman–Crippen LogP) is 4.87. The summed E-state index contributed by atoms with van der Waals surface area (Å²) in [5, 5.41) is 17.3. The molecule has 36 heavy (non-hydrogen) atoms. The van der Waals surface area contributed by atoms with Crippen LogP contribution in [0.15, 0.2) is 82.6 Å². The molecule has 3 aromatic carbocycles. The number of anilines is 2. The standard InChI is InChI=1S/C27H28N4O3S2/c1-27(14-15-36(33,34)18-27)31-25-21-10-4-5-11-22(21)29-26(30-25)28-16-19-8-2-6-12-23(19)35-24-13-7-3-9-20(24)17-32/h2-13,32H,14-18H2,1H3,(H2,28,29,30,31). The Morgan fingerprint density at radius 1 is 0.944 bits per heavy atom. The fourth-order valence-corrected chi connectivity index (χ4v) is 7.58. The van der Waals surface area contributed by atoms with Crippen LogP contribution in [0.3, 0.4) is 0 Å². The van der Waals surface area contributed by atoms with Gasteiger partial charge in [0.1, 0.15) is 5.82 Å². The molecule has 1 atom stereocenters. The van der Waals surface area contributed by atoms with Crippen LogP contribution in [-0.4, -0.2) is 40.5 Å². The first-order valence-corrected chi connectivity index (χ1v) is 14.4. The molecule has 0 bridgehead atoms. The van der Waals surface area contributed by atoms with Gasteiger partial charge in [0.15, 0.2) is 9.84 Å². The normalized spacial score (nSPS) is 18.8. The highest BCUT2D eigenvalue weighted by atomic mass is 32.2. The zero-order chi connectivity index (χ0) is 25.2. The minimum absolute atomic E-state index is 0.00941. The highest BCUT2D eigenvalue weighted by molar-refractivity contribution is 7.99. The molecule has 9 heteroatoms. The Bertz CT molecular complexity index is 1510. The van der Waals surface area contributed by atoms with Crippen molar-refractivity contribution in [2.45, 2.75) is 41.8 Å². The number of rotatable bonds is 8. The van der Waals surface area contributed by atoms with Crippen LogP contribution < -0.4 is 10.6 Å². The summed E-state index contributed by atoms with van der Waals surface area (Å²) >= 11 is 1.62. The van der Waals surface area contributed by atoms with E-state index in [9.17, 15) is 13.5 Å². The van der Waals surface area contributed by atoms with Gasteiger partial charge in [0.25, 0.3) is 0 Å². The molecule has 1 aliphatic rings. The summed E-state index contributed by atoms with van der Waals surface area (Å²) in [6.45, 7) is 2.43. The van der Waals surface area contributed by atoms with E-state index in [-0.39, 0.29) is 18.1 Å². The van der Waals surface area contributed by atoms with Gasteiger partial charge in [0.05, 0.1) is 29.2 Å². The second-order valence-electron chi connectivity index (χ2n) is 9.27. The lowest BCUT2D eigenvalue weighted by atomic mass is 10.0. The Labute approximate surface area is 215 Å². The second-order valence-corrected chi connectivity index (χ2v) is 12.5. The zero-order valence-corrected chi connectivity index (χ0v) is 21.6. The van der Waals surface area contributed by atoms with E-state index in [2.05, 4.69) is 22.8 Å².